The van der Waals surface area contributed by atoms with E-state index in [1.807, 2.05) is 11.8 Å². The lowest BCUT2D eigenvalue weighted by Crippen LogP contribution is -2.13. The fourth-order valence-corrected chi connectivity index (χ4v) is 3.47. The molecular formula is C11H12BrFOS. The van der Waals surface area contributed by atoms with Gasteiger partial charge in [-0.3, -0.25) is 0 Å². The van der Waals surface area contributed by atoms with Crippen LogP contribution in [0.3, 0.4) is 0 Å². The van der Waals surface area contributed by atoms with Crippen LogP contribution in [0.5, 0.6) is 0 Å². The van der Waals surface area contributed by atoms with Crippen LogP contribution in [0.2, 0.25) is 0 Å². The molecule has 1 aliphatic rings. The second-order valence-corrected chi connectivity index (χ2v) is 5.72. The maximum absolute atomic E-state index is 13.7. The normalized spacial score (nSPS) is 23.0. The lowest BCUT2D eigenvalue weighted by atomic mass is 9.95. The van der Waals surface area contributed by atoms with Crippen LogP contribution in [0.1, 0.15) is 18.1 Å². The first-order chi connectivity index (χ1) is 7.20. The van der Waals surface area contributed by atoms with E-state index in [2.05, 4.69) is 15.9 Å². The number of hydrogen-bond acceptors (Lipinski definition) is 2. The molecule has 0 amide bonds. The molecule has 0 bridgehead atoms. The molecule has 1 saturated heterocycles. The average molecular weight is 291 g/mol. The van der Waals surface area contributed by atoms with Crippen molar-refractivity contribution in [1.29, 1.82) is 0 Å². The van der Waals surface area contributed by atoms with Crippen molar-refractivity contribution in [3.8, 4) is 0 Å². The highest BCUT2D eigenvalue weighted by atomic mass is 79.9. The maximum Gasteiger partial charge on any atom is 0.143 e. The van der Waals surface area contributed by atoms with Gasteiger partial charge in [0.15, 0.2) is 0 Å². The first-order valence-electron chi connectivity index (χ1n) is 4.90. The summed E-state index contributed by atoms with van der Waals surface area (Å²) < 4.78 is 14.1. The predicted molar refractivity (Wildman–Crippen MR) is 64.5 cm³/mol. The molecule has 1 aliphatic heterocycles. The molecule has 82 valence electrons. The Kier molecular flexibility index (Phi) is 3.69. The highest BCUT2D eigenvalue weighted by Gasteiger charge is 2.27. The van der Waals surface area contributed by atoms with E-state index < -0.39 is 6.10 Å². The van der Waals surface area contributed by atoms with E-state index in [0.29, 0.717) is 10.0 Å². The van der Waals surface area contributed by atoms with Gasteiger partial charge in [0.25, 0.3) is 0 Å². The van der Waals surface area contributed by atoms with Crippen molar-refractivity contribution in [2.24, 2.45) is 5.92 Å². The Morgan fingerprint density at radius 3 is 3.00 bits per heavy atom. The van der Waals surface area contributed by atoms with Gasteiger partial charge in [0.05, 0.1) is 10.6 Å². The van der Waals surface area contributed by atoms with Crippen molar-refractivity contribution in [2.75, 3.05) is 11.5 Å². The summed E-state index contributed by atoms with van der Waals surface area (Å²) >= 11 is 4.95. The summed E-state index contributed by atoms with van der Waals surface area (Å²) in [6.07, 6.45) is 0.301. The molecule has 0 aromatic heterocycles. The Bertz CT molecular complexity index is 352. The molecule has 1 aromatic rings. The Balaban J connectivity index is 2.24. The standard InChI is InChI=1S/C11H12BrFOS/c12-9-3-1-2-8(10(9)13)11(14)7-4-5-15-6-7/h1-3,7,11,14H,4-6H2. The second-order valence-electron chi connectivity index (χ2n) is 3.71. The SMILES string of the molecule is OC(c1cccc(Br)c1F)C1CCSC1. The molecule has 1 aromatic carbocycles. The van der Waals surface area contributed by atoms with E-state index >= 15 is 0 Å². The average Bonchev–Trinajstić information content (AvgIpc) is 2.74. The molecule has 0 aliphatic carbocycles. The van der Waals surface area contributed by atoms with E-state index in [0.717, 1.165) is 17.9 Å². The summed E-state index contributed by atoms with van der Waals surface area (Å²) in [5, 5.41) is 10.1. The fraction of sp³-hybridized carbons (Fsp3) is 0.455. The first-order valence-corrected chi connectivity index (χ1v) is 6.84. The molecule has 1 fully saturated rings. The first kappa shape index (κ1) is 11.4. The molecule has 15 heavy (non-hydrogen) atoms. The van der Waals surface area contributed by atoms with Crippen molar-refractivity contribution < 1.29 is 9.50 Å². The number of thioether (sulfide) groups is 1. The van der Waals surface area contributed by atoms with Gasteiger partial charge in [0.2, 0.25) is 0 Å². The van der Waals surface area contributed by atoms with Gasteiger partial charge in [0, 0.05) is 5.56 Å². The molecular weight excluding hydrogens is 279 g/mol. The summed E-state index contributed by atoms with van der Waals surface area (Å²) in [6.45, 7) is 0. The lowest BCUT2D eigenvalue weighted by Gasteiger charge is -2.18. The minimum Gasteiger partial charge on any atom is -0.388 e. The van der Waals surface area contributed by atoms with Gasteiger partial charge in [-0.25, -0.2) is 4.39 Å². The minimum absolute atomic E-state index is 0.193. The van der Waals surface area contributed by atoms with Crippen LogP contribution in [-0.4, -0.2) is 16.6 Å². The van der Waals surface area contributed by atoms with Crippen LogP contribution < -0.4 is 0 Å². The minimum atomic E-state index is -0.669. The molecule has 4 heteroatoms. The largest absolute Gasteiger partial charge is 0.388 e. The molecule has 1 nitrogen and oxygen atoms in total. The number of halogens is 2. The van der Waals surface area contributed by atoms with E-state index in [-0.39, 0.29) is 11.7 Å². The zero-order valence-electron chi connectivity index (χ0n) is 8.12. The third-order valence-electron chi connectivity index (χ3n) is 2.71. The number of rotatable bonds is 2. The van der Waals surface area contributed by atoms with Gasteiger partial charge in [0.1, 0.15) is 5.82 Å². The molecule has 2 unspecified atom stereocenters. The highest BCUT2D eigenvalue weighted by molar-refractivity contribution is 9.10. The quantitative estimate of drug-likeness (QED) is 0.901. The van der Waals surface area contributed by atoms with E-state index in [9.17, 15) is 9.50 Å². The van der Waals surface area contributed by atoms with Crippen molar-refractivity contribution in [1.82, 2.24) is 0 Å². The zero-order valence-corrected chi connectivity index (χ0v) is 10.5. The lowest BCUT2D eigenvalue weighted by molar-refractivity contribution is 0.117. The summed E-state index contributed by atoms with van der Waals surface area (Å²) in [4.78, 5) is 0. The molecule has 2 atom stereocenters. The number of benzene rings is 1. The molecule has 1 heterocycles. The Morgan fingerprint density at radius 1 is 1.53 bits per heavy atom. The summed E-state index contributed by atoms with van der Waals surface area (Å²) in [6, 6.07) is 5.07. The summed E-state index contributed by atoms with van der Waals surface area (Å²) in [5.74, 6) is 1.85. The number of hydrogen-bond donors (Lipinski definition) is 1. The van der Waals surface area contributed by atoms with Gasteiger partial charge in [-0.15, -0.1) is 0 Å². The Morgan fingerprint density at radius 2 is 2.33 bits per heavy atom. The van der Waals surface area contributed by atoms with Gasteiger partial charge in [-0.2, -0.15) is 11.8 Å². The summed E-state index contributed by atoms with van der Waals surface area (Å²) in [7, 11) is 0. The van der Waals surface area contributed by atoms with Crippen LogP contribution in [0.15, 0.2) is 22.7 Å². The van der Waals surface area contributed by atoms with Crippen LogP contribution in [0.25, 0.3) is 0 Å². The van der Waals surface area contributed by atoms with Crippen LogP contribution >= 0.6 is 27.7 Å². The van der Waals surface area contributed by atoms with Gasteiger partial charge >= 0.3 is 0 Å². The Labute approximate surface area is 101 Å². The monoisotopic (exact) mass is 290 g/mol. The highest BCUT2D eigenvalue weighted by Crippen LogP contribution is 2.36. The number of aliphatic hydroxyl groups is 1. The molecule has 0 spiro atoms. The molecule has 0 saturated carbocycles. The molecule has 2 rings (SSSR count). The van der Waals surface area contributed by atoms with Crippen LogP contribution in [0.4, 0.5) is 4.39 Å². The second kappa shape index (κ2) is 4.85. The van der Waals surface area contributed by atoms with Gasteiger partial charge < -0.3 is 5.11 Å². The molecule has 0 radical (unpaired) electrons. The maximum atomic E-state index is 13.7. The van der Waals surface area contributed by atoms with Crippen molar-refractivity contribution in [3.05, 3.63) is 34.1 Å². The topological polar surface area (TPSA) is 20.2 Å². The van der Waals surface area contributed by atoms with Crippen molar-refractivity contribution in [3.63, 3.8) is 0 Å². The summed E-state index contributed by atoms with van der Waals surface area (Å²) in [5.41, 5.74) is 0.414. The predicted octanol–water partition coefficient (Wildman–Crippen LogP) is 3.37. The number of aliphatic hydroxyl groups excluding tert-OH is 1. The molecule has 1 N–H and O–H groups in total. The smallest absolute Gasteiger partial charge is 0.143 e. The third-order valence-corrected chi connectivity index (χ3v) is 4.51. The van der Waals surface area contributed by atoms with Crippen molar-refractivity contribution >= 4 is 27.7 Å². The van der Waals surface area contributed by atoms with E-state index in [4.69, 9.17) is 0 Å². The van der Waals surface area contributed by atoms with Crippen LogP contribution in [-0.2, 0) is 0 Å². The van der Waals surface area contributed by atoms with Gasteiger partial charge in [-0.1, -0.05) is 12.1 Å². The zero-order chi connectivity index (χ0) is 10.8. The van der Waals surface area contributed by atoms with E-state index in [1.54, 1.807) is 18.2 Å². The fourth-order valence-electron chi connectivity index (χ4n) is 1.80. The van der Waals surface area contributed by atoms with Gasteiger partial charge in [-0.05, 0) is 45.8 Å². The third kappa shape index (κ3) is 2.37. The van der Waals surface area contributed by atoms with Crippen LogP contribution in [0, 0.1) is 11.7 Å². The van der Waals surface area contributed by atoms with Crippen molar-refractivity contribution in [2.45, 2.75) is 12.5 Å². The Hall–Kier alpha value is -0.0600. The van der Waals surface area contributed by atoms with E-state index in [1.165, 1.54) is 0 Å².